The van der Waals surface area contributed by atoms with Crippen molar-refractivity contribution >= 4 is 11.8 Å². The van der Waals surface area contributed by atoms with Gasteiger partial charge < -0.3 is 19.5 Å². The molecule has 1 N–H and O–H groups in total. The van der Waals surface area contributed by atoms with Gasteiger partial charge in [-0.25, -0.2) is 0 Å². The lowest BCUT2D eigenvalue weighted by Crippen LogP contribution is -2.49. The molecule has 0 aliphatic heterocycles. The molecule has 0 radical (unpaired) electrons. The van der Waals surface area contributed by atoms with Crippen LogP contribution >= 0.6 is 0 Å². The van der Waals surface area contributed by atoms with E-state index in [-0.39, 0.29) is 18.7 Å². The van der Waals surface area contributed by atoms with E-state index in [9.17, 15) is 19.8 Å². The second-order valence-electron chi connectivity index (χ2n) is 3.84. The van der Waals surface area contributed by atoms with Gasteiger partial charge in [-0.3, -0.25) is 4.79 Å². The van der Waals surface area contributed by atoms with Crippen LogP contribution in [0.25, 0.3) is 0 Å². The van der Waals surface area contributed by atoms with Crippen LogP contribution in [-0.2, 0) is 9.59 Å². The van der Waals surface area contributed by atoms with E-state index in [4.69, 9.17) is 4.11 Å². The molecule has 5 nitrogen and oxygen atoms in total. The number of carbonyl (C=O) groups is 2. The zero-order valence-electron chi connectivity index (χ0n) is 12.2. The molecule has 0 saturated heterocycles. The minimum atomic E-state index is -2.87. The summed E-state index contributed by atoms with van der Waals surface area (Å²) in [6.07, 6.45) is -3.83. The van der Waals surface area contributed by atoms with Gasteiger partial charge in [-0.1, -0.05) is 6.92 Å². The largest absolute Gasteiger partial charge is 0.550 e. The third kappa shape index (κ3) is 7.04. The highest BCUT2D eigenvalue weighted by molar-refractivity contribution is 5.79. The minimum Gasteiger partial charge on any atom is -0.550 e. The van der Waals surface area contributed by atoms with Crippen molar-refractivity contribution < 1.29 is 28.4 Å². The molecule has 1 unspecified atom stereocenters. The molecule has 0 rings (SSSR count). The number of carbonyl (C=O) groups excluding carboxylic acids is 2. The SMILES string of the molecule is [2H]C(O)(CC(=O)[O-])C([2H])([2H])[N+](C)(C)CC(=O)CC. The van der Waals surface area contributed by atoms with Gasteiger partial charge in [0.1, 0.15) is 19.1 Å². The van der Waals surface area contributed by atoms with E-state index >= 15 is 0 Å². The molecule has 0 heterocycles. The Morgan fingerprint density at radius 1 is 1.60 bits per heavy atom. The summed E-state index contributed by atoms with van der Waals surface area (Å²) in [7, 11) is 2.64. The normalized spacial score (nSPS) is 19.6. The fourth-order valence-electron chi connectivity index (χ4n) is 1.12. The van der Waals surface area contributed by atoms with Crippen LogP contribution in [0.3, 0.4) is 0 Å². The van der Waals surface area contributed by atoms with Crippen LogP contribution in [0.4, 0.5) is 0 Å². The summed E-state index contributed by atoms with van der Waals surface area (Å²) in [5.74, 6) is -1.97. The number of hydrogen-bond donors (Lipinski definition) is 1. The van der Waals surface area contributed by atoms with Crippen LogP contribution in [0, 0.1) is 0 Å². The number of ketones is 1. The van der Waals surface area contributed by atoms with E-state index in [1.807, 2.05) is 0 Å². The van der Waals surface area contributed by atoms with Crippen molar-refractivity contribution in [2.45, 2.75) is 25.8 Å². The van der Waals surface area contributed by atoms with Crippen LogP contribution in [0.15, 0.2) is 0 Å². The molecule has 0 aliphatic carbocycles. The predicted octanol–water partition coefficient (Wildman–Crippen LogP) is -1.46. The smallest absolute Gasteiger partial charge is 0.186 e. The van der Waals surface area contributed by atoms with Crippen LogP contribution < -0.4 is 5.11 Å². The summed E-state index contributed by atoms with van der Waals surface area (Å²) in [6, 6.07) is 0. The van der Waals surface area contributed by atoms with Crippen molar-refractivity contribution in [3.8, 4) is 0 Å². The summed E-state index contributed by atoms with van der Waals surface area (Å²) < 4.78 is 22.3. The highest BCUT2D eigenvalue weighted by atomic mass is 16.4. The van der Waals surface area contributed by atoms with E-state index in [0.717, 1.165) is 0 Å². The van der Waals surface area contributed by atoms with Crippen molar-refractivity contribution in [3.05, 3.63) is 0 Å². The zero-order valence-corrected chi connectivity index (χ0v) is 9.24. The maximum atomic E-state index is 11.4. The fraction of sp³-hybridized carbons (Fsp3) is 0.800. The summed E-state index contributed by atoms with van der Waals surface area (Å²) in [6.45, 7) is -1.25. The molecule has 0 fully saturated rings. The zero-order chi connectivity index (χ0) is 14.8. The molecular weight excluding hydrogens is 198 g/mol. The van der Waals surface area contributed by atoms with E-state index in [2.05, 4.69) is 0 Å². The highest BCUT2D eigenvalue weighted by Crippen LogP contribution is 2.03. The molecule has 0 saturated carbocycles. The summed E-state index contributed by atoms with van der Waals surface area (Å²) in [5.41, 5.74) is 0. The van der Waals surface area contributed by atoms with E-state index in [1.54, 1.807) is 6.92 Å². The van der Waals surface area contributed by atoms with Crippen molar-refractivity contribution in [2.75, 3.05) is 27.1 Å². The average molecular weight is 220 g/mol. The third-order valence-electron chi connectivity index (χ3n) is 1.71. The number of hydrogen-bond acceptors (Lipinski definition) is 4. The van der Waals surface area contributed by atoms with Crippen molar-refractivity contribution in [1.29, 1.82) is 0 Å². The summed E-state index contributed by atoms with van der Waals surface area (Å²) in [5, 5.41) is 20.1. The molecule has 1 atom stereocenters. The van der Waals surface area contributed by atoms with Gasteiger partial charge in [0.2, 0.25) is 0 Å². The van der Waals surface area contributed by atoms with E-state index in [0.29, 0.717) is 0 Å². The van der Waals surface area contributed by atoms with Gasteiger partial charge in [-0.05, 0) is 0 Å². The molecule has 15 heavy (non-hydrogen) atoms. The first kappa shape index (κ1) is 9.30. The lowest BCUT2D eigenvalue weighted by Gasteiger charge is -2.31. The maximum absolute atomic E-state index is 11.4. The summed E-state index contributed by atoms with van der Waals surface area (Å²) >= 11 is 0. The standard InChI is InChI=1S/C10H19NO4/c1-4-8(12)6-11(2,3)7-9(13)5-10(14)15/h9,13H,4-7H2,1-3H3/i7D2,9D. The lowest BCUT2D eigenvalue weighted by molar-refractivity contribution is -0.885. The molecule has 0 spiro atoms. The molecule has 0 amide bonds. The first-order chi connectivity index (χ1) is 7.87. The van der Waals surface area contributed by atoms with Crippen molar-refractivity contribution in [2.24, 2.45) is 0 Å². The second kappa shape index (κ2) is 5.82. The Hall–Kier alpha value is -0.940. The molecule has 88 valence electrons. The van der Waals surface area contributed by atoms with Crippen LogP contribution in [0.2, 0.25) is 0 Å². The van der Waals surface area contributed by atoms with Gasteiger partial charge in [0.05, 0.1) is 18.2 Å². The number of likely N-dealkylation sites (N-methyl/N-ethyl adjacent to an activating group) is 1. The highest BCUT2D eigenvalue weighted by Gasteiger charge is 2.23. The maximum Gasteiger partial charge on any atom is 0.186 e. The molecule has 0 aromatic heterocycles. The fourth-order valence-corrected chi connectivity index (χ4v) is 1.12. The van der Waals surface area contributed by atoms with Crippen LogP contribution in [0.5, 0.6) is 0 Å². The number of aliphatic hydroxyl groups is 1. The minimum absolute atomic E-state index is 0.203. The Labute approximate surface area is 94.1 Å². The van der Waals surface area contributed by atoms with Crippen molar-refractivity contribution in [3.63, 3.8) is 0 Å². The van der Waals surface area contributed by atoms with Gasteiger partial charge in [0, 0.05) is 18.8 Å². The molecule has 0 aromatic carbocycles. The van der Waals surface area contributed by atoms with Gasteiger partial charge in [-0.15, -0.1) is 0 Å². The Bertz CT molecular complexity index is 342. The number of carboxylic acid groups (broad SMARTS) is 1. The first-order valence-electron chi connectivity index (χ1n) is 6.14. The number of Topliss-reactive ketones (excluding diaryl/α,β-unsaturated/α-hetero) is 1. The Kier molecular flexibility index (Phi) is 3.61. The van der Waals surface area contributed by atoms with Crippen LogP contribution in [0.1, 0.15) is 23.9 Å². The Balaban J connectivity index is 5.21. The Morgan fingerprint density at radius 3 is 2.53 bits per heavy atom. The quantitative estimate of drug-likeness (QED) is 0.532. The van der Waals surface area contributed by atoms with Crippen molar-refractivity contribution in [1.82, 2.24) is 0 Å². The second-order valence-corrected chi connectivity index (χ2v) is 3.84. The molecule has 0 aliphatic rings. The number of nitrogens with zero attached hydrogens (tertiary/aromatic N) is 1. The number of aliphatic carboxylic acids is 1. The molecular formula is C10H19NO4. The monoisotopic (exact) mass is 220 g/mol. The average Bonchev–Trinajstić information content (AvgIpc) is 2.14. The van der Waals surface area contributed by atoms with Crippen LogP contribution in [-0.4, -0.2) is 54.6 Å². The van der Waals surface area contributed by atoms with Gasteiger partial charge in [0.25, 0.3) is 0 Å². The third-order valence-corrected chi connectivity index (χ3v) is 1.71. The van der Waals surface area contributed by atoms with Gasteiger partial charge >= 0.3 is 0 Å². The summed E-state index contributed by atoms with van der Waals surface area (Å²) in [4.78, 5) is 21.8. The van der Waals surface area contributed by atoms with Gasteiger partial charge in [-0.2, -0.15) is 0 Å². The first-order valence-corrected chi connectivity index (χ1v) is 4.64. The lowest BCUT2D eigenvalue weighted by atomic mass is 10.2. The van der Waals surface area contributed by atoms with E-state index in [1.165, 1.54) is 14.1 Å². The van der Waals surface area contributed by atoms with Gasteiger partial charge in [0.15, 0.2) is 5.78 Å². The molecule has 0 aromatic rings. The number of quaternary nitrogens is 1. The number of rotatable bonds is 7. The predicted molar refractivity (Wildman–Crippen MR) is 52.8 cm³/mol. The number of carboxylic acids is 1. The Morgan fingerprint density at radius 2 is 2.13 bits per heavy atom. The molecule has 5 heteroatoms. The van der Waals surface area contributed by atoms with E-state index < -0.39 is 29.5 Å². The topological polar surface area (TPSA) is 77.4 Å². The molecule has 0 bridgehead atoms.